The third-order valence-electron chi connectivity index (χ3n) is 0.646. The van der Waals surface area contributed by atoms with Crippen molar-refractivity contribution < 1.29 is 8.76 Å². The van der Waals surface area contributed by atoms with E-state index in [1.807, 2.05) is 0 Å². The number of nitrogens with zero attached hydrogens (tertiary/aromatic N) is 1. The summed E-state index contributed by atoms with van der Waals surface area (Å²) in [6.07, 6.45) is 3.37. The van der Waals surface area contributed by atoms with Gasteiger partial charge in [0.2, 0.25) is 0 Å². The lowest BCUT2D eigenvalue weighted by Gasteiger charge is -2.12. The summed E-state index contributed by atoms with van der Waals surface area (Å²) >= 11 is 2.85. The van der Waals surface area contributed by atoms with Crippen LogP contribution in [0, 0.1) is 0 Å². The Kier molecular flexibility index (Phi) is 4.99. The van der Waals surface area contributed by atoms with E-state index in [4.69, 9.17) is 11.8 Å². The molecule has 1 unspecified atom stereocenters. The summed E-state index contributed by atoms with van der Waals surface area (Å²) in [5.41, 5.74) is 0. The zero-order chi connectivity index (χ0) is 7.28. The Morgan fingerprint density at radius 1 is 1.89 bits per heavy atom. The average molecular weight is 169 g/mol. The molecule has 0 radical (unpaired) electrons. The zero-order valence-electron chi connectivity index (χ0n) is 4.91. The highest BCUT2D eigenvalue weighted by Gasteiger charge is 1.93. The van der Waals surface area contributed by atoms with E-state index in [2.05, 4.69) is 0 Å². The van der Waals surface area contributed by atoms with Gasteiger partial charge in [0.25, 0.3) is 0 Å². The molecule has 0 aliphatic carbocycles. The number of rotatable bonds is 3. The van der Waals surface area contributed by atoms with Crippen molar-refractivity contribution in [1.82, 2.24) is 3.82 Å². The fraction of sp³-hybridized carbons (Fsp3) is 0.500. The monoisotopic (exact) mass is 168 g/mol. The Bertz CT molecular complexity index is 128. The van der Waals surface area contributed by atoms with E-state index in [0.29, 0.717) is 3.82 Å². The molecule has 0 heterocycles. The van der Waals surface area contributed by atoms with Crippen LogP contribution in [0.5, 0.6) is 0 Å². The number of hydrogen-bond donors (Lipinski definition) is 0. The van der Waals surface area contributed by atoms with Gasteiger partial charge in [0.15, 0.2) is 0 Å². The largest absolute Gasteiger partial charge is 0.759 e. The van der Waals surface area contributed by atoms with E-state index in [0.717, 1.165) is 0 Å². The van der Waals surface area contributed by atoms with Crippen molar-refractivity contribution in [3.8, 4) is 0 Å². The van der Waals surface area contributed by atoms with Gasteiger partial charge in [-0.05, 0) is 18.7 Å². The van der Waals surface area contributed by atoms with Crippen LogP contribution in [0.2, 0.25) is 0 Å². The lowest BCUT2D eigenvalue weighted by molar-refractivity contribution is 0.495. The summed E-state index contributed by atoms with van der Waals surface area (Å²) in [6.45, 7) is 2.01. The average Bonchev–Trinajstić information content (AvgIpc) is 1.82. The van der Waals surface area contributed by atoms with Crippen molar-refractivity contribution in [2.45, 2.75) is 6.92 Å². The molecule has 0 spiro atoms. The molecular weight excluding hydrogens is 162 g/mol. The number of halogens is 1. The Balaban J connectivity index is 3.50. The minimum atomic E-state index is -2.31. The van der Waals surface area contributed by atoms with Crippen molar-refractivity contribution >= 4 is 23.0 Å². The predicted molar refractivity (Wildman–Crippen MR) is 36.3 cm³/mol. The van der Waals surface area contributed by atoms with Gasteiger partial charge in [-0.15, -0.1) is 3.82 Å². The van der Waals surface area contributed by atoms with Crippen LogP contribution < -0.4 is 0 Å². The van der Waals surface area contributed by atoms with Crippen molar-refractivity contribution in [2.24, 2.45) is 0 Å². The summed E-state index contributed by atoms with van der Waals surface area (Å²) in [4.78, 5) is 0. The van der Waals surface area contributed by atoms with Crippen molar-refractivity contribution in [2.75, 3.05) is 6.54 Å². The number of hydrogen-bond acceptors (Lipinski definition) is 2. The van der Waals surface area contributed by atoms with Gasteiger partial charge in [-0.25, -0.2) is 0 Å². The van der Waals surface area contributed by atoms with Gasteiger partial charge in [-0.2, -0.15) is 0 Å². The second kappa shape index (κ2) is 4.93. The molecule has 3 nitrogen and oxygen atoms in total. The van der Waals surface area contributed by atoms with E-state index in [1.165, 1.54) is 0 Å². The Morgan fingerprint density at radius 3 is 2.78 bits per heavy atom. The van der Waals surface area contributed by atoms with E-state index < -0.39 is 11.3 Å². The topological polar surface area (TPSA) is 43.4 Å². The molecule has 0 saturated heterocycles. The van der Waals surface area contributed by atoms with Crippen LogP contribution in [0.4, 0.5) is 0 Å². The maximum atomic E-state index is 9.97. The van der Waals surface area contributed by atoms with E-state index in [9.17, 15) is 8.76 Å². The van der Waals surface area contributed by atoms with Crippen LogP contribution in [0.25, 0.3) is 0 Å². The molecule has 5 heteroatoms. The normalized spacial score (nSPS) is 15.1. The molecule has 0 N–H and O–H groups in total. The third kappa shape index (κ3) is 4.59. The lowest BCUT2D eigenvalue weighted by atomic mass is 10.5. The highest BCUT2D eigenvalue weighted by molar-refractivity contribution is 7.77. The van der Waals surface area contributed by atoms with Gasteiger partial charge in [0.1, 0.15) is 0 Å². The Hall–Kier alpha value is 0.1000. The van der Waals surface area contributed by atoms with Gasteiger partial charge in [0, 0.05) is 17.8 Å². The molecule has 54 valence electrons. The molecule has 1 atom stereocenters. The van der Waals surface area contributed by atoms with Crippen LogP contribution >= 0.6 is 11.8 Å². The SMILES string of the molecule is CC=CCN(Cl)S(=O)[O-]. The summed E-state index contributed by atoms with van der Waals surface area (Å²) < 4.78 is 20.6. The van der Waals surface area contributed by atoms with Crippen molar-refractivity contribution in [3.05, 3.63) is 12.2 Å². The van der Waals surface area contributed by atoms with Crippen LogP contribution in [0.15, 0.2) is 12.2 Å². The van der Waals surface area contributed by atoms with Crippen molar-refractivity contribution in [3.63, 3.8) is 0 Å². The molecule has 0 rings (SSSR count). The first-order valence-electron chi connectivity index (χ1n) is 2.32. The molecule has 9 heavy (non-hydrogen) atoms. The van der Waals surface area contributed by atoms with Gasteiger partial charge in [-0.1, -0.05) is 12.2 Å². The van der Waals surface area contributed by atoms with Gasteiger partial charge >= 0.3 is 0 Å². The highest BCUT2D eigenvalue weighted by Crippen LogP contribution is 1.95. The molecular formula is C4H7ClNO2S-. The van der Waals surface area contributed by atoms with Crippen LogP contribution in [0.1, 0.15) is 6.92 Å². The first-order valence-corrected chi connectivity index (χ1v) is 3.69. The summed E-state index contributed by atoms with van der Waals surface area (Å²) in [6, 6.07) is 0. The molecule has 0 aromatic carbocycles. The minimum absolute atomic E-state index is 0.216. The molecule has 0 aromatic heterocycles. The molecule has 0 bridgehead atoms. The minimum Gasteiger partial charge on any atom is -0.759 e. The maximum absolute atomic E-state index is 9.97. The Morgan fingerprint density at radius 2 is 2.44 bits per heavy atom. The fourth-order valence-corrected chi connectivity index (χ4v) is 0.537. The van der Waals surface area contributed by atoms with Gasteiger partial charge in [0.05, 0.1) is 0 Å². The predicted octanol–water partition coefficient (Wildman–Crippen LogP) is 0.812. The second-order valence-corrected chi connectivity index (χ2v) is 2.77. The molecule has 0 aromatic rings. The third-order valence-corrected chi connectivity index (χ3v) is 1.60. The standard InChI is InChI=1S/C4H8ClNO2S/c1-2-3-4-6(5)9(7)8/h2-3H,4H2,1H3,(H,7,8)/p-1. The maximum Gasteiger partial charge on any atom is 0.0447 e. The lowest BCUT2D eigenvalue weighted by Crippen LogP contribution is -2.14. The first-order chi connectivity index (χ1) is 4.18. The summed E-state index contributed by atoms with van der Waals surface area (Å²) in [5.74, 6) is 0. The quantitative estimate of drug-likeness (QED) is 0.356. The van der Waals surface area contributed by atoms with Crippen LogP contribution in [-0.4, -0.2) is 19.1 Å². The summed E-state index contributed by atoms with van der Waals surface area (Å²) in [5, 5.41) is 0. The molecule has 0 aliphatic rings. The van der Waals surface area contributed by atoms with E-state index in [-0.39, 0.29) is 6.54 Å². The second-order valence-electron chi connectivity index (χ2n) is 1.29. The smallest absolute Gasteiger partial charge is 0.0447 e. The van der Waals surface area contributed by atoms with E-state index >= 15 is 0 Å². The fourth-order valence-electron chi connectivity index (χ4n) is 0.249. The van der Waals surface area contributed by atoms with Gasteiger partial charge in [-0.3, -0.25) is 4.21 Å². The molecule has 0 aliphatic heterocycles. The van der Waals surface area contributed by atoms with E-state index in [1.54, 1.807) is 19.1 Å². The highest BCUT2D eigenvalue weighted by atomic mass is 35.5. The van der Waals surface area contributed by atoms with Crippen LogP contribution in [0.3, 0.4) is 0 Å². The number of allylic oxidation sites excluding steroid dienone is 1. The first kappa shape index (κ1) is 9.10. The Labute approximate surface area is 61.8 Å². The molecule has 0 fully saturated rings. The summed E-state index contributed by atoms with van der Waals surface area (Å²) in [7, 11) is 0. The van der Waals surface area contributed by atoms with Crippen LogP contribution in [-0.2, 0) is 11.3 Å². The molecule has 0 saturated carbocycles. The zero-order valence-corrected chi connectivity index (χ0v) is 6.48. The molecule has 0 amide bonds. The van der Waals surface area contributed by atoms with Crippen molar-refractivity contribution in [1.29, 1.82) is 0 Å². The van der Waals surface area contributed by atoms with Gasteiger partial charge < -0.3 is 4.55 Å².